The van der Waals surface area contributed by atoms with E-state index in [0.717, 1.165) is 144 Å². The Morgan fingerprint density at radius 2 is 0.575 bits per heavy atom. The number of rotatable bonds is 54. The van der Waals surface area contributed by atoms with Crippen LogP contribution in [0.15, 0.2) is 109 Å². The number of nitro benzene ring substituents is 1. The van der Waals surface area contributed by atoms with Crippen LogP contribution in [0, 0.1) is 10.1 Å². The van der Waals surface area contributed by atoms with Gasteiger partial charge in [-0.15, -0.1) is 0 Å². The monoisotopic (exact) mass is 1440 g/mol. The molecule has 13 heteroatoms. The number of ether oxygens (including phenoxy) is 4. The van der Waals surface area contributed by atoms with Crippen molar-refractivity contribution in [3.8, 4) is 67.5 Å². The minimum absolute atomic E-state index is 0.0127. The van der Waals surface area contributed by atoms with Gasteiger partial charge >= 0.3 is 5.97 Å². The highest BCUT2D eigenvalue weighted by Gasteiger charge is 2.26. The van der Waals surface area contributed by atoms with E-state index in [1.807, 2.05) is 66.7 Å². The fraction of sp³-hybridized carbons (Fsp3) is 0.516. The fourth-order valence-electron chi connectivity index (χ4n) is 15.0. The highest BCUT2D eigenvalue weighted by Crippen LogP contribution is 2.47. The molecule has 7 aromatic rings. The van der Waals surface area contributed by atoms with E-state index in [-0.39, 0.29) is 16.2 Å². The number of carbonyl (C=O) groups is 1. The number of aromatic carboxylic acids is 1. The van der Waals surface area contributed by atoms with Gasteiger partial charge in [0.1, 0.15) is 23.0 Å². The predicted molar refractivity (Wildman–Crippen MR) is 444 cm³/mol. The number of fused-ring (bicyclic) bond motifs is 8. The minimum atomic E-state index is -1.01. The lowest BCUT2D eigenvalue weighted by atomic mass is 10.0. The average Bonchev–Trinajstić information content (AvgIpc) is 1.60. The summed E-state index contributed by atoms with van der Waals surface area (Å²) in [5, 5.41) is 22.6. The van der Waals surface area contributed by atoms with E-state index in [2.05, 4.69) is 80.2 Å². The van der Waals surface area contributed by atoms with Gasteiger partial charge in [0.15, 0.2) is 0 Å². The molecule has 9 rings (SSSR count). The molecule has 0 saturated carbocycles. The van der Waals surface area contributed by atoms with Gasteiger partial charge in [-0.1, -0.05) is 283 Å². The third-order valence-corrected chi connectivity index (χ3v) is 21.0. The number of nitrogens with zero attached hydrogens (tertiary/aromatic N) is 3. The Bertz CT molecular complexity index is 3670. The summed E-state index contributed by atoms with van der Waals surface area (Å²) in [7, 11) is 0. The Balaban J connectivity index is 1.21. The maximum atomic E-state index is 12.5. The summed E-state index contributed by atoms with van der Waals surface area (Å²) in [5.41, 5.74) is 11.9. The third kappa shape index (κ3) is 25.4. The standard InChI is InChI=1S/C93H125N5O8/c1-5-9-13-17-21-25-29-33-37-41-67-103-83-47-45-48-84(104-68-42-38-34-30-26-22-18-14-10-6-2)91(83)89-79-63-59-75(94-79)87(71-51-53-73(54-52-71)93(99)100)76-60-64-80(95-76)90(82-66-62-78(97-82)88(77-61-65-81(89)96-77)72-55-57-74(58-56-72)98(101)102)92-85(105-69-43-39-35-31-27-23-19-15-11-7-3)49-46-50-86(92)106-70-44-40-36-32-28-24-20-16-12-8-4/h45-66,94,97H,5-44,67-70H2,1-4H3,(H,99,100). The van der Waals surface area contributed by atoms with Crippen LogP contribution in [0.2, 0.25) is 0 Å². The molecule has 0 aliphatic carbocycles. The first-order chi connectivity index (χ1) is 52.2. The Morgan fingerprint density at radius 3 is 0.840 bits per heavy atom. The van der Waals surface area contributed by atoms with Gasteiger partial charge in [0.05, 0.1) is 70.8 Å². The van der Waals surface area contributed by atoms with Crippen LogP contribution < -0.4 is 18.9 Å². The molecule has 8 bridgehead atoms. The van der Waals surface area contributed by atoms with Crippen molar-refractivity contribution in [2.75, 3.05) is 26.4 Å². The van der Waals surface area contributed by atoms with Crippen LogP contribution in [-0.2, 0) is 0 Å². The summed E-state index contributed by atoms with van der Waals surface area (Å²) in [6.45, 7) is 11.2. The number of carboxylic acid groups (broad SMARTS) is 1. The van der Waals surface area contributed by atoms with Crippen LogP contribution in [0.4, 0.5) is 5.69 Å². The summed E-state index contributed by atoms with van der Waals surface area (Å²) in [6, 6.07) is 34.4. The van der Waals surface area contributed by atoms with Crippen LogP contribution in [0.1, 0.15) is 318 Å². The smallest absolute Gasteiger partial charge is 0.335 e. The van der Waals surface area contributed by atoms with Crippen LogP contribution in [0.5, 0.6) is 23.0 Å². The molecule has 0 atom stereocenters. The van der Waals surface area contributed by atoms with Crippen molar-refractivity contribution >= 4 is 58.0 Å². The lowest BCUT2D eigenvalue weighted by Gasteiger charge is -2.18. The first kappa shape index (κ1) is 81.6. The first-order valence-corrected chi connectivity index (χ1v) is 41.7. The topological polar surface area (TPSA) is 175 Å². The van der Waals surface area contributed by atoms with Crippen molar-refractivity contribution in [3.63, 3.8) is 0 Å². The molecule has 0 saturated heterocycles. The number of nitro groups is 1. The van der Waals surface area contributed by atoms with Gasteiger partial charge in [0.2, 0.25) is 0 Å². The highest BCUT2D eigenvalue weighted by molar-refractivity contribution is 6.02. The summed E-state index contributed by atoms with van der Waals surface area (Å²) < 4.78 is 28.1. The van der Waals surface area contributed by atoms with Crippen molar-refractivity contribution in [2.24, 2.45) is 0 Å². The second kappa shape index (κ2) is 46.6. The van der Waals surface area contributed by atoms with Gasteiger partial charge in [-0.3, -0.25) is 10.1 Å². The molecule has 0 unspecified atom stereocenters. The van der Waals surface area contributed by atoms with Gasteiger partial charge in [0.25, 0.3) is 5.69 Å². The molecule has 5 heterocycles. The predicted octanol–water partition coefficient (Wildman–Crippen LogP) is 28.1. The van der Waals surface area contributed by atoms with E-state index in [1.54, 1.807) is 24.3 Å². The molecule has 0 fully saturated rings. The zero-order valence-corrected chi connectivity index (χ0v) is 65.0. The number of hydrogen-bond donors (Lipinski definition) is 3. The number of non-ortho nitro benzene ring substituents is 1. The Hall–Kier alpha value is -8.45. The lowest BCUT2D eigenvalue weighted by Crippen LogP contribution is -2.04. The van der Waals surface area contributed by atoms with Crippen molar-refractivity contribution in [3.05, 3.63) is 148 Å². The number of nitrogens with one attached hydrogen (secondary N) is 2. The van der Waals surface area contributed by atoms with Crippen molar-refractivity contribution in [1.29, 1.82) is 0 Å². The van der Waals surface area contributed by atoms with Gasteiger partial charge < -0.3 is 34.0 Å². The average molecular weight is 1440 g/mol. The van der Waals surface area contributed by atoms with Gasteiger partial charge in [-0.25, -0.2) is 14.8 Å². The van der Waals surface area contributed by atoms with Crippen molar-refractivity contribution in [1.82, 2.24) is 19.9 Å². The maximum Gasteiger partial charge on any atom is 0.335 e. The van der Waals surface area contributed by atoms with E-state index >= 15 is 0 Å². The molecular weight excluding hydrogens is 1320 g/mol. The van der Waals surface area contributed by atoms with E-state index in [9.17, 15) is 20.0 Å². The largest absolute Gasteiger partial charge is 0.493 e. The van der Waals surface area contributed by atoms with E-state index in [0.29, 0.717) is 72.2 Å². The van der Waals surface area contributed by atoms with Gasteiger partial charge in [0, 0.05) is 56.5 Å². The molecule has 3 N–H and O–H groups in total. The SMILES string of the molecule is CCCCCCCCCCCCOc1cccc(OCCCCCCCCCCCC)c1-c1c2nc(c(-c3ccc([N+](=O)[O-])cc3)c3ccc([nH]3)c(-c3c(OCCCCCCCCCCCC)cccc3OCCCCCCCCCCCC)c3nc(c(-c4ccc(C(=O)O)cc4)c4ccc1[nH]4)C=C3)C=C2. The van der Waals surface area contributed by atoms with Crippen LogP contribution in [0.25, 0.3) is 90.9 Å². The fourth-order valence-corrected chi connectivity index (χ4v) is 15.0. The minimum Gasteiger partial charge on any atom is -0.493 e. The van der Waals surface area contributed by atoms with Gasteiger partial charge in [-0.2, -0.15) is 0 Å². The molecular formula is C93H125N5O8. The Labute approximate surface area is 634 Å². The number of benzene rings is 4. The normalized spacial score (nSPS) is 11.8. The number of hydrogen-bond acceptors (Lipinski definition) is 9. The molecule has 570 valence electrons. The number of aromatic nitrogens is 4. The molecule has 0 amide bonds. The summed E-state index contributed by atoms with van der Waals surface area (Å²) >= 11 is 0. The lowest BCUT2D eigenvalue weighted by molar-refractivity contribution is -0.384. The van der Waals surface area contributed by atoms with E-state index < -0.39 is 5.97 Å². The molecule has 13 nitrogen and oxygen atoms in total. The molecule has 0 spiro atoms. The van der Waals surface area contributed by atoms with Crippen molar-refractivity contribution in [2.45, 2.75) is 285 Å². The molecule has 0 radical (unpaired) electrons. The summed E-state index contributed by atoms with van der Waals surface area (Å²) in [5.74, 6) is 1.75. The summed E-state index contributed by atoms with van der Waals surface area (Å²) in [4.78, 5) is 43.8. The molecule has 2 aliphatic rings. The Morgan fingerprint density at radius 1 is 0.330 bits per heavy atom. The molecule has 2 aliphatic heterocycles. The van der Waals surface area contributed by atoms with E-state index in [1.165, 1.54) is 180 Å². The second-order valence-electron chi connectivity index (χ2n) is 29.6. The van der Waals surface area contributed by atoms with Crippen LogP contribution in [0.3, 0.4) is 0 Å². The molecule has 106 heavy (non-hydrogen) atoms. The first-order valence-electron chi connectivity index (χ1n) is 41.7. The quantitative estimate of drug-likeness (QED) is 0.0189. The van der Waals surface area contributed by atoms with Gasteiger partial charge in [-0.05, 0) is 134 Å². The number of aromatic amines is 2. The number of unbranched alkanes of at least 4 members (excludes halogenated alkanes) is 36. The number of H-pyrrole nitrogens is 2. The Kier molecular flexibility index (Phi) is 35.9. The van der Waals surface area contributed by atoms with E-state index in [4.69, 9.17) is 28.9 Å². The van der Waals surface area contributed by atoms with Crippen molar-refractivity contribution < 1.29 is 33.8 Å². The van der Waals surface area contributed by atoms with Crippen LogP contribution >= 0.6 is 0 Å². The van der Waals surface area contributed by atoms with Crippen LogP contribution in [-0.4, -0.2) is 62.4 Å². The zero-order valence-electron chi connectivity index (χ0n) is 65.0. The zero-order chi connectivity index (χ0) is 74.2. The molecule has 4 aromatic carbocycles. The highest BCUT2D eigenvalue weighted by atomic mass is 16.6. The molecule has 3 aromatic heterocycles. The maximum absolute atomic E-state index is 12.5. The summed E-state index contributed by atoms with van der Waals surface area (Å²) in [6.07, 6.45) is 56.7. The number of carboxylic acids is 1. The second-order valence-corrected chi connectivity index (χ2v) is 29.6. The third-order valence-electron chi connectivity index (χ3n) is 21.0.